The molecule has 7 nitrogen and oxygen atoms in total. The quantitative estimate of drug-likeness (QED) is 0.338. The molecule has 21 heavy (non-hydrogen) atoms. The molecule has 0 bridgehead atoms. The fourth-order valence-electron chi connectivity index (χ4n) is 1.89. The van der Waals surface area contributed by atoms with Crippen LogP contribution in [0.3, 0.4) is 0 Å². The number of aromatic nitrogens is 1. The number of nitrogens with zero attached hydrogens (tertiary/aromatic N) is 5. The van der Waals surface area contributed by atoms with Gasteiger partial charge in [0.2, 0.25) is 5.71 Å². The minimum atomic E-state index is 0.142. The van der Waals surface area contributed by atoms with Crippen LogP contribution < -0.4 is 0 Å². The third-order valence-electron chi connectivity index (χ3n) is 2.90. The molecule has 1 saturated heterocycles. The number of rotatable bonds is 2. The first-order valence-corrected chi connectivity index (χ1v) is 6.66. The average molecular weight is 288 g/mol. The summed E-state index contributed by atoms with van der Waals surface area (Å²) in [5, 5.41) is 13.1. The molecule has 0 unspecified atom stereocenters. The van der Waals surface area contributed by atoms with Crippen molar-refractivity contribution in [1.29, 1.82) is 5.26 Å². The molecule has 0 aliphatic carbocycles. The van der Waals surface area contributed by atoms with Crippen molar-refractivity contribution < 1.29 is 14.1 Å². The Kier molecular flexibility index (Phi) is 5.23. The lowest BCUT2D eigenvalue weighted by atomic mass is 10.2. The molecule has 0 saturated carbocycles. The van der Waals surface area contributed by atoms with E-state index in [0.717, 1.165) is 13.1 Å². The molecule has 0 N–H and O–H groups in total. The van der Waals surface area contributed by atoms with E-state index in [1.165, 1.54) is 0 Å². The number of oxime groups is 1. The first-order chi connectivity index (χ1) is 10.2. The fourth-order valence-corrected chi connectivity index (χ4v) is 1.89. The molecule has 1 aromatic rings. The van der Waals surface area contributed by atoms with Crippen LogP contribution in [0, 0.1) is 11.3 Å². The molecule has 2 rings (SSSR count). The van der Waals surface area contributed by atoms with Gasteiger partial charge in [0.1, 0.15) is 24.9 Å². The standard InChI is InChI=1S/C14H18N5O2/c1-18(2)14(19-7-9-20-10-8-19)21-17-13(11-15)12-5-3-4-6-16-12/h3-6H,7-10H2,1-2H3/q+1/b17-13+. The minimum Gasteiger partial charge on any atom is -0.373 e. The van der Waals surface area contributed by atoms with E-state index >= 15 is 0 Å². The van der Waals surface area contributed by atoms with Crippen molar-refractivity contribution in [2.45, 2.75) is 0 Å². The molecular formula is C14H18N5O2+. The smallest absolute Gasteiger partial charge is 0.373 e. The van der Waals surface area contributed by atoms with E-state index in [4.69, 9.17) is 9.57 Å². The maximum absolute atomic E-state index is 9.18. The summed E-state index contributed by atoms with van der Waals surface area (Å²) in [6.07, 6.45) is 1.61. The van der Waals surface area contributed by atoms with Gasteiger partial charge in [0.25, 0.3) is 0 Å². The zero-order chi connectivity index (χ0) is 15.1. The van der Waals surface area contributed by atoms with Gasteiger partial charge in [-0.05, 0) is 12.1 Å². The van der Waals surface area contributed by atoms with Crippen molar-refractivity contribution in [1.82, 2.24) is 9.88 Å². The van der Waals surface area contributed by atoms with Crippen LogP contribution in [0.15, 0.2) is 29.6 Å². The number of hydrogen-bond donors (Lipinski definition) is 0. The molecule has 1 aromatic heterocycles. The minimum absolute atomic E-state index is 0.142. The van der Waals surface area contributed by atoms with Gasteiger partial charge in [-0.25, -0.2) is 9.48 Å². The Morgan fingerprint density at radius 1 is 1.43 bits per heavy atom. The summed E-state index contributed by atoms with van der Waals surface area (Å²) in [4.78, 5) is 11.6. The number of ether oxygens (including phenoxy) is 1. The molecule has 2 heterocycles. The zero-order valence-corrected chi connectivity index (χ0v) is 12.2. The predicted molar refractivity (Wildman–Crippen MR) is 77.0 cm³/mol. The number of nitriles is 1. The Morgan fingerprint density at radius 2 is 2.19 bits per heavy atom. The molecule has 0 amide bonds. The molecule has 0 atom stereocenters. The lowest BCUT2D eigenvalue weighted by Crippen LogP contribution is -2.44. The van der Waals surface area contributed by atoms with E-state index in [1.807, 2.05) is 29.6 Å². The average Bonchev–Trinajstić information content (AvgIpc) is 2.53. The first-order valence-electron chi connectivity index (χ1n) is 6.66. The highest BCUT2D eigenvalue weighted by Gasteiger charge is 2.26. The Balaban J connectivity index is 2.16. The maximum Gasteiger partial charge on any atom is 0.472 e. The molecule has 1 aliphatic rings. The van der Waals surface area contributed by atoms with Crippen molar-refractivity contribution in [3.05, 3.63) is 30.1 Å². The van der Waals surface area contributed by atoms with Crippen LogP contribution in [-0.4, -0.2) is 66.6 Å². The van der Waals surface area contributed by atoms with Gasteiger partial charge >= 0.3 is 6.02 Å². The summed E-state index contributed by atoms with van der Waals surface area (Å²) in [5.74, 6) is 0. The normalized spacial score (nSPS) is 15.3. The number of amidine groups is 1. The van der Waals surface area contributed by atoms with Gasteiger partial charge in [-0.1, -0.05) is 11.2 Å². The molecule has 7 heteroatoms. The third-order valence-corrected chi connectivity index (χ3v) is 2.90. The van der Waals surface area contributed by atoms with Crippen LogP contribution in [0.1, 0.15) is 5.69 Å². The van der Waals surface area contributed by atoms with Gasteiger partial charge in [0.15, 0.2) is 0 Å². The Labute approximate surface area is 123 Å². The summed E-state index contributed by atoms with van der Waals surface area (Å²) < 4.78 is 7.14. The summed E-state index contributed by atoms with van der Waals surface area (Å²) in [7, 11) is 3.74. The highest BCUT2D eigenvalue weighted by molar-refractivity contribution is 6.10. The van der Waals surface area contributed by atoms with E-state index in [1.54, 1.807) is 24.4 Å². The molecule has 1 aliphatic heterocycles. The lowest BCUT2D eigenvalue weighted by Gasteiger charge is -2.21. The van der Waals surface area contributed by atoms with Crippen LogP contribution in [0.2, 0.25) is 0 Å². The van der Waals surface area contributed by atoms with E-state index in [0.29, 0.717) is 24.9 Å². The Hall–Kier alpha value is -2.46. The predicted octanol–water partition coefficient (Wildman–Crippen LogP) is 0.286. The van der Waals surface area contributed by atoms with Crippen molar-refractivity contribution in [3.8, 4) is 6.07 Å². The van der Waals surface area contributed by atoms with Crippen molar-refractivity contribution in [2.75, 3.05) is 40.4 Å². The summed E-state index contributed by atoms with van der Waals surface area (Å²) in [6.45, 7) is 2.76. The molecule has 110 valence electrons. The van der Waals surface area contributed by atoms with E-state index in [2.05, 4.69) is 10.1 Å². The highest BCUT2D eigenvalue weighted by Crippen LogP contribution is 2.02. The van der Waals surface area contributed by atoms with Gasteiger partial charge in [0, 0.05) is 6.20 Å². The summed E-state index contributed by atoms with van der Waals surface area (Å²) in [6, 6.07) is 7.89. The summed E-state index contributed by atoms with van der Waals surface area (Å²) in [5.41, 5.74) is 0.628. The fraction of sp³-hybridized carbons (Fsp3) is 0.429. The topological polar surface area (TPSA) is 73.8 Å². The first kappa shape index (κ1) is 14.9. The monoisotopic (exact) mass is 288 g/mol. The van der Waals surface area contributed by atoms with Gasteiger partial charge in [-0.15, -0.1) is 0 Å². The van der Waals surface area contributed by atoms with Crippen LogP contribution in [0.25, 0.3) is 0 Å². The zero-order valence-electron chi connectivity index (χ0n) is 12.2. The lowest BCUT2D eigenvalue weighted by molar-refractivity contribution is -0.481. The largest absolute Gasteiger partial charge is 0.472 e. The molecule has 1 fully saturated rings. The Bertz CT molecular complexity index is 567. The van der Waals surface area contributed by atoms with Gasteiger partial charge < -0.3 is 4.74 Å². The van der Waals surface area contributed by atoms with Crippen molar-refractivity contribution in [2.24, 2.45) is 5.16 Å². The van der Waals surface area contributed by atoms with Gasteiger partial charge in [-0.2, -0.15) is 5.26 Å². The van der Waals surface area contributed by atoms with E-state index in [9.17, 15) is 5.26 Å². The molecular weight excluding hydrogens is 270 g/mol. The molecule has 0 aromatic carbocycles. The Morgan fingerprint density at radius 3 is 2.76 bits per heavy atom. The third kappa shape index (κ3) is 4.00. The second-order valence-corrected chi connectivity index (χ2v) is 4.63. The summed E-state index contributed by atoms with van der Waals surface area (Å²) >= 11 is 0. The van der Waals surface area contributed by atoms with E-state index in [-0.39, 0.29) is 5.71 Å². The van der Waals surface area contributed by atoms with Crippen LogP contribution in [0.5, 0.6) is 0 Å². The van der Waals surface area contributed by atoms with Crippen molar-refractivity contribution >= 4 is 11.7 Å². The number of pyridine rings is 1. The maximum atomic E-state index is 9.18. The van der Waals surface area contributed by atoms with Gasteiger partial charge in [-0.3, -0.25) is 9.82 Å². The van der Waals surface area contributed by atoms with Crippen LogP contribution in [0.4, 0.5) is 0 Å². The van der Waals surface area contributed by atoms with Crippen LogP contribution in [-0.2, 0) is 9.57 Å². The highest BCUT2D eigenvalue weighted by atomic mass is 16.7. The SMILES string of the molecule is C[N+](C)=C(O/N=C(\C#N)c1ccccn1)N1CCOCC1. The second-order valence-electron chi connectivity index (χ2n) is 4.63. The van der Waals surface area contributed by atoms with Gasteiger partial charge in [0.05, 0.1) is 27.3 Å². The number of morpholine rings is 1. The molecule has 0 radical (unpaired) electrons. The number of hydrogen-bond acceptors (Lipinski definition) is 5. The second kappa shape index (κ2) is 7.36. The molecule has 0 spiro atoms. The van der Waals surface area contributed by atoms with E-state index < -0.39 is 0 Å². The van der Waals surface area contributed by atoms with Crippen LogP contribution >= 0.6 is 0 Å². The van der Waals surface area contributed by atoms with Crippen molar-refractivity contribution in [3.63, 3.8) is 0 Å².